The van der Waals surface area contributed by atoms with Crippen molar-refractivity contribution in [3.8, 4) is 0 Å². The Hall–Kier alpha value is -2.88. The topological polar surface area (TPSA) is 41.9 Å². The lowest BCUT2D eigenvalue weighted by molar-refractivity contribution is 0.0601. The van der Waals surface area contributed by atoms with E-state index in [2.05, 4.69) is 61.9 Å². The number of carbonyl (C=O) groups excluding carboxylic acids is 1. The molecule has 1 heterocycles. The second kappa shape index (κ2) is 8.01. The summed E-state index contributed by atoms with van der Waals surface area (Å²) in [5.41, 5.74) is 6.08. The molecule has 0 aromatic heterocycles. The highest BCUT2D eigenvalue weighted by atomic mass is 16.5. The zero-order valence-electron chi connectivity index (χ0n) is 17.3. The summed E-state index contributed by atoms with van der Waals surface area (Å²) in [6.45, 7) is 9.93. The monoisotopic (exact) mass is 376 g/mol. The highest BCUT2D eigenvalue weighted by Crippen LogP contribution is 2.39. The van der Waals surface area contributed by atoms with E-state index in [-0.39, 0.29) is 11.5 Å². The number of rotatable bonds is 5. The van der Waals surface area contributed by atoms with E-state index in [1.165, 1.54) is 23.9 Å². The molecule has 2 aromatic rings. The standard InChI is InChI=1S/C24H28N2O2/c1-6-12-26-22-11-10-18(13-21(22)17(2)15-24(26,3)4)16-25-20-9-7-8-19(14-20)23(27)28-5/h7-11,13-16H,6,12H2,1-5H3. The molecular weight excluding hydrogens is 348 g/mol. The van der Waals surface area contributed by atoms with Crippen molar-refractivity contribution < 1.29 is 9.53 Å². The molecule has 28 heavy (non-hydrogen) atoms. The lowest BCUT2D eigenvalue weighted by Gasteiger charge is -2.43. The van der Waals surface area contributed by atoms with Crippen LogP contribution in [-0.2, 0) is 4.74 Å². The molecular formula is C24H28N2O2. The van der Waals surface area contributed by atoms with Gasteiger partial charge in [0.15, 0.2) is 0 Å². The molecule has 4 heteroatoms. The summed E-state index contributed by atoms with van der Waals surface area (Å²) in [4.78, 5) is 18.7. The Bertz CT molecular complexity index is 941. The molecule has 3 rings (SSSR count). The van der Waals surface area contributed by atoms with Gasteiger partial charge in [-0.1, -0.05) is 25.1 Å². The lowest BCUT2D eigenvalue weighted by atomic mass is 9.88. The molecule has 0 unspecified atom stereocenters. The van der Waals surface area contributed by atoms with Crippen LogP contribution in [0, 0.1) is 0 Å². The van der Waals surface area contributed by atoms with Crippen LogP contribution in [0.25, 0.3) is 5.57 Å². The van der Waals surface area contributed by atoms with Crippen molar-refractivity contribution in [1.82, 2.24) is 0 Å². The quantitative estimate of drug-likeness (QED) is 0.501. The lowest BCUT2D eigenvalue weighted by Crippen LogP contribution is -2.45. The fourth-order valence-electron chi connectivity index (χ4n) is 3.79. The van der Waals surface area contributed by atoms with Crippen LogP contribution >= 0.6 is 0 Å². The number of hydrogen-bond donors (Lipinski definition) is 0. The van der Waals surface area contributed by atoms with Crippen molar-refractivity contribution in [3.63, 3.8) is 0 Å². The summed E-state index contributed by atoms with van der Waals surface area (Å²) < 4.78 is 4.77. The molecule has 0 saturated carbocycles. The van der Waals surface area contributed by atoms with E-state index in [1.807, 2.05) is 18.3 Å². The SMILES string of the molecule is CCCN1c2ccc(C=Nc3cccc(C(=O)OC)c3)cc2C(C)=CC1(C)C. The third kappa shape index (κ3) is 4.01. The van der Waals surface area contributed by atoms with Gasteiger partial charge in [0.2, 0.25) is 0 Å². The van der Waals surface area contributed by atoms with E-state index in [1.54, 1.807) is 12.1 Å². The largest absolute Gasteiger partial charge is 0.465 e. The third-order valence-electron chi connectivity index (χ3n) is 5.08. The number of anilines is 1. The second-order valence-corrected chi connectivity index (χ2v) is 7.71. The number of hydrogen-bond acceptors (Lipinski definition) is 4. The van der Waals surface area contributed by atoms with Crippen LogP contribution in [0.4, 0.5) is 11.4 Å². The first kappa shape index (κ1) is 19.9. The fourth-order valence-corrected chi connectivity index (χ4v) is 3.79. The van der Waals surface area contributed by atoms with Gasteiger partial charge in [-0.25, -0.2) is 4.79 Å². The summed E-state index contributed by atoms with van der Waals surface area (Å²) >= 11 is 0. The van der Waals surface area contributed by atoms with Crippen LogP contribution in [0.3, 0.4) is 0 Å². The van der Waals surface area contributed by atoms with Gasteiger partial charge in [-0.3, -0.25) is 4.99 Å². The predicted molar refractivity (Wildman–Crippen MR) is 117 cm³/mol. The average Bonchev–Trinajstić information content (AvgIpc) is 2.68. The van der Waals surface area contributed by atoms with Gasteiger partial charge in [-0.15, -0.1) is 0 Å². The molecule has 0 bridgehead atoms. The molecule has 0 atom stereocenters. The third-order valence-corrected chi connectivity index (χ3v) is 5.08. The van der Waals surface area contributed by atoms with Crippen molar-refractivity contribution >= 4 is 29.1 Å². The van der Waals surface area contributed by atoms with Gasteiger partial charge in [0.1, 0.15) is 0 Å². The molecule has 0 fully saturated rings. The molecule has 0 aliphatic carbocycles. The number of nitrogens with zero attached hydrogens (tertiary/aromatic N) is 2. The van der Waals surface area contributed by atoms with Crippen molar-refractivity contribution in [1.29, 1.82) is 0 Å². The number of ether oxygens (including phenoxy) is 1. The van der Waals surface area contributed by atoms with Crippen molar-refractivity contribution in [2.75, 3.05) is 18.6 Å². The van der Waals surface area contributed by atoms with E-state index >= 15 is 0 Å². The Morgan fingerprint density at radius 1 is 1.21 bits per heavy atom. The van der Waals surface area contributed by atoms with Gasteiger partial charge >= 0.3 is 5.97 Å². The molecule has 0 radical (unpaired) electrons. The molecule has 4 nitrogen and oxygen atoms in total. The number of carbonyl (C=O) groups is 1. The maximum atomic E-state index is 11.7. The van der Waals surface area contributed by atoms with Gasteiger partial charge in [0.25, 0.3) is 0 Å². The number of aliphatic imine (C=N–C) groups is 1. The van der Waals surface area contributed by atoms with Crippen LogP contribution in [0.1, 0.15) is 55.6 Å². The summed E-state index contributed by atoms with van der Waals surface area (Å²) in [6.07, 6.45) is 5.29. The predicted octanol–water partition coefficient (Wildman–Crippen LogP) is 5.64. The Kier molecular flexibility index (Phi) is 5.68. The van der Waals surface area contributed by atoms with E-state index < -0.39 is 0 Å². The highest BCUT2D eigenvalue weighted by Gasteiger charge is 2.30. The minimum absolute atomic E-state index is 0.0109. The Labute approximate surface area is 167 Å². The van der Waals surface area contributed by atoms with E-state index in [0.29, 0.717) is 5.56 Å². The molecule has 0 saturated heterocycles. The maximum Gasteiger partial charge on any atom is 0.337 e. The van der Waals surface area contributed by atoms with Gasteiger partial charge < -0.3 is 9.64 Å². The maximum absolute atomic E-state index is 11.7. The van der Waals surface area contributed by atoms with Gasteiger partial charge in [0, 0.05) is 24.0 Å². The Morgan fingerprint density at radius 2 is 2.00 bits per heavy atom. The van der Waals surface area contributed by atoms with Gasteiger partial charge in [-0.2, -0.15) is 0 Å². The molecule has 2 aromatic carbocycles. The zero-order valence-corrected chi connectivity index (χ0v) is 17.3. The molecule has 0 spiro atoms. The van der Waals surface area contributed by atoms with Crippen LogP contribution in [0.15, 0.2) is 53.5 Å². The van der Waals surface area contributed by atoms with Crippen molar-refractivity contribution in [2.24, 2.45) is 4.99 Å². The smallest absolute Gasteiger partial charge is 0.337 e. The van der Waals surface area contributed by atoms with E-state index in [4.69, 9.17) is 4.74 Å². The number of fused-ring (bicyclic) bond motifs is 1. The number of esters is 1. The molecule has 146 valence electrons. The Balaban J connectivity index is 1.91. The second-order valence-electron chi connectivity index (χ2n) is 7.71. The van der Waals surface area contributed by atoms with Crippen molar-refractivity contribution in [3.05, 3.63) is 65.2 Å². The van der Waals surface area contributed by atoms with Gasteiger partial charge in [0.05, 0.1) is 23.9 Å². The van der Waals surface area contributed by atoms with Crippen LogP contribution in [-0.4, -0.2) is 31.4 Å². The first-order valence-electron chi connectivity index (χ1n) is 9.69. The van der Waals surface area contributed by atoms with Crippen LogP contribution in [0.2, 0.25) is 0 Å². The number of benzene rings is 2. The molecule has 1 aliphatic heterocycles. The minimum Gasteiger partial charge on any atom is -0.465 e. The van der Waals surface area contributed by atoms with Crippen LogP contribution in [0.5, 0.6) is 0 Å². The van der Waals surface area contributed by atoms with Crippen molar-refractivity contribution in [2.45, 2.75) is 39.7 Å². The number of allylic oxidation sites excluding steroid dienone is 1. The summed E-state index contributed by atoms with van der Waals surface area (Å²) in [5.74, 6) is -0.356. The summed E-state index contributed by atoms with van der Waals surface area (Å²) in [5, 5.41) is 0. The van der Waals surface area contributed by atoms with E-state index in [0.717, 1.165) is 24.2 Å². The fraction of sp³-hybridized carbons (Fsp3) is 0.333. The minimum atomic E-state index is -0.356. The highest BCUT2D eigenvalue weighted by molar-refractivity contribution is 5.91. The van der Waals surface area contributed by atoms with Gasteiger partial charge in [-0.05, 0) is 68.7 Å². The average molecular weight is 377 g/mol. The first-order valence-corrected chi connectivity index (χ1v) is 9.69. The van der Waals surface area contributed by atoms with Crippen LogP contribution < -0.4 is 4.90 Å². The van der Waals surface area contributed by atoms with E-state index in [9.17, 15) is 4.79 Å². The molecule has 1 aliphatic rings. The summed E-state index contributed by atoms with van der Waals surface area (Å²) in [7, 11) is 1.38. The number of methoxy groups -OCH3 is 1. The first-order chi connectivity index (χ1) is 13.4. The molecule has 0 N–H and O–H groups in total. The normalized spacial score (nSPS) is 15.3. The zero-order chi connectivity index (χ0) is 20.3. The summed E-state index contributed by atoms with van der Waals surface area (Å²) in [6, 6.07) is 13.6. The Morgan fingerprint density at radius 3 is 2.71 bits per heavy atom. The molecule has 0 amide bonds.